The van der Waals surface area contributed by atoms with Gasteiger partial charge in [0.2, 0.25) is 10.0 Å². The van der Waals surface area contributed by atoms with E-state index in [4.69, 9.17) is 0 Å². The number of benzene rings is 1. The third kappa shape index (κ3) is 5.91. The summed E-state index contributed by atoms with van der Waals surface area (Å²) in [6, 6.07) is 6.27. The maximum Gasteiger partial charge on any atom is 0.251 e. The molecule has 1 aromatic rings. The Bertz CT molecular complexity index is 697. The molecule has 2 aliphatic rings. The van der Waals surface area contributed by atoms with Gasteiger partial charge in [-0.1, -0.05) is 0 Å². The average Bonchev–Trinajstić information content (AvgIpc) is 3.35. The van der Waals surface area contributed by atoms with E-state index in [1.54, 1.807) is 12.1 Å². The lowest BCUT2D eigenvalue weighted by Gasteiger charge is -2.15. The van der Waals surface area contributed by atoms with Crippen molar-refractivity contribution >= 4 is 28.3 Å². The number of sulfonamides is 1. The van der Waals surface area contributed by atoms with Crippen LogP contribution in [0.1, 0.15) is 48.9 Å². The smallest absolute Gasteiger partial charge is 0.251 e. The molecule has 8 heteroatoms. The van der Waals surface area contributed by atoms with Crippen molar-refractivity contribution < 1.29 is 13.2 Å². The summed E-state index contributed by atoms with van der Waals surface area (Å²) in [6.45, 7) is 5.35. The van der Waals surface area contributed by atoms with E-state index in [0.29, 0.717) is 25.2 Å². The first-order chi connectivity index (χ1) is 12.6. The summed E-state index contributed by atoms with van der Waals surface area (Å²) in [5.41, 5.74) is 0.505. The molecule has 3 rings (SSSR count). The van der Waals surface area contributed by atoms with Gasteiger partial charge in [0.25, 0.3) is 5.91 Å². The highest BCUT2D eigenvalue weighted by Gasteiger charge is 2.27. The van der Waals surface area contributed by atoms with Gasteiger partial charge in [0.15, 0.2) is 0 Å². The fraction of sp³-hybridized carbons (Fsp3) is 0.632. The molecule has 0 aliphatic carbocycles. The molecule has 0 spiro atoms. The summed E-state index contributed by atoms with van der Waals surface area (Å²) in [6.07, 6.45) is 6.49. The molecule has 0 saturated carbocycles. The predicted molar refractivity (Wildman–Crippen MR) is 109 cm³/mol. The molecule has 2 saturated heterocycles. The van der Waals surface area contributed by atoms with Crippen molar-refractivity contribution in [2.24, 2.45) is 0 Å². The third-order valence-corrected chi connectivity index (χ3v) is 7.12. The van der Waals surface area contributed by atoms with Gasteiger partial charge in [-0.15, -0.1) is 12.4 Å². The second-order valence-corrected chi connectivity index (χ2v) is 9.09. The van der Waals surface area contributed by atoms with E-state index in [9.17, 15) is 13.2 Å². The maximum absolute atomic E-state index is 12.5. The van der Waals surface area contributed by atoms with Crippen molar-refractivity contribution in [3.8, 4) is 0 Å². The van der Waals surface area contributed by atoms with Crippen molar-refractivity contribution in [2.75, 3.05) is 39.3 Å². The standard InChI is InChI=1S/C19H29N3O3S.ClH/c23-19(20-11-1-2-12-21-13-3-4-14-21)17-7-9-18(10-8-17)26(24,25)22-15-5-6-16-22;/h7-10H,1-6,11-16H2,(H,20,23);1H. The van der Waals surface area contributed by atoms with Crippen molar-refractivity contribution in [1.82, 2.24) is 14.5 Å². The van der Waals surface area contributed by atoms with Crippen LogP contribution in [-0.2, 0) is 10.0 Å². The molecule has 2 fully saturated rings. The monoisotopic (exact) mass is 415 g/mol. The molecule has 27 heavy (non-hydrogen) atoms. The first-order valence-electron chi connectivity index (χ1n) is 9.68. The highest BCUT2D eigenvalue weighted by atomic mass is 35.5. The molecule has 2 heterocycles. The predicted octanol–water partition coefficient (Wildman–Crippen LogP) is 2.50. The number of rotatable bonds is 8. The Labute approximate surface area is 168 Å². The van der Waals surface area contributed by atoms with Crippen LogP contribution < -0.4 is 5.32 Å². The summed E-state index contributed by atoms with van der Waals surface area (Å²) in [4.78, 5) is 14.9. The second-order valence-electron chi connectivity index (χ2n) is 7.15. The van der Waals surface area contributed by atoms with Gasteiger partial charge < -0.3 is 10.2 Å². The highest BCUT2D eigenvalue weighted by Crippen LogP contribution is 2.21. The van der Waals surface area contributed by atoms with Crippen LogP contribution >= 0.6 is 12.4 Å². The molecule has 0 atom stereocenters. The van der Waals surface area contributed by atoms with E-state index < -0.39 is 10.0 Å². The fourth-order valence-electron chi connectivity index (χ4n) is 3.63. The SMILES string of the molecule is Cl.O=C(NCCCCN1CCCC1)c1ccc(S(=O)(=O)N2CCCC2)cc1. The molecule has 2 aliphatic heterocycles. The van der Waals surface area contributed by atoms with Gasteiger partial charge in [0, 0.05) is 25.2 Å². The van der Waals surface area contributed by atoms with Gasteiger partial charge >= 0.3 is 0 Å². The van der Waals surface area contributed by atoms with E-state index in [2.05, 4.69) is 10.2 Å². The normalized spacial score (nSPS) is 18.4. The molecule has 1 amide bonds. The zero-order chi connectivity index (χ0) is 18.4. The lowest BCUT2D eigenvalue weighted by Crippen LogP contribution is -2.28. The van der Waals surface area contributed by atoms with Crippen molar-refractivity contribution in [2.45, 2.75) is 43.4 Å². The number of hydrogen-bond donors (Lipinski definition) is 1. The molecule has 6 nitrogen and oxygen atoms in total. The Morgan fingerprint density at radius 2 is 1.52 bits per heavy atom. The van der Waals surface area contributed by atoms with Crippen LogP contribution in [0.5, 0.6) is 0 Å². The van der Waals surface area contributed by atoms with Crippen LogP contribution in [0.3, 0.4) is 0 Å². The summed E-state index contributed by atoms with van der Waals surface area (Å²) in [5, 5.41) is 2.92. The van der Waals surface area contributed by atoms with Crippen molar-refractivity contribution in [3.63, 3.8) is 0 Å². The fourth-order valence-corrected chi connectivity index (χ4v) is 5.14. The van der Waals surface area contributed by atoms with Crippen LogP contribution in [0.15, 0.2) is 29.2 Å². The number of carbonyl (C=O) groups excluding carboxylic acids is 1. The number of amides is 1. The molecule has 1 N–H and O–H groups in total. The minimum Gasteiger partial charge on any atom is -0.352 e. The minimum atomic E-state index is -3.42. The Morgan fingerprint density at radius 3 is 2.15 bits per heavy atom. The lowest BCUT2D eigenvalue weighted by molar-refractivity contribution is 0.0952. The van der Waals surface area contributed by atoms with Crippen molar-refractivity contribution in [3.05, 3.63) is 29.8 Å². The Morgan fingerprint density at radius 1 is 0.926 bits per heavy atom. The summed E-state index contributed by atoms with van der Waals surface area (Å²) in [5.74, 6) is -0.142. The van der Waals surface area contributed by atoms with Crippen LogP contribution in [0, 0.1) is 0 Å². The Kier molecular flexibility index (Phi) is 8.54. The highest BCUT2D eigenvalue weighted by molar-refractivity contribution is 7.89. The topological polar surface area (TPSA) is 69.7 Å². The van der Waals surface area contributed by atoms with Crippen LogP contribution in [0.2, 0.25) is 0 Å². The van der Waals surface area contributed by atoms with E-state index in [0.717, 1.165) is 32.2 Å². The van der Waals surface area contributed by atoms with E-state index in [1.807, 2.05) is 0 Å². The first-order valence-corrected chi connectivity index (χ1v) is 11.1. The molecule has 0 aromatic heterocycles. The number of unbranched alkanes of at least 4 members (excludes halogenated alkanes) is 1. The lowest BCUT2D eigenvalue weighted by atomic mass is 10.2. The molecule has 0 bridgehead atoms. The zero-order valence-corrected chi connectivity index (χ0v) is 17.4. The van der Waals surface area contributed by atoms with Crippen LogP contribution in [0.4, 0.5) is 0 Å². The van der Waals surface area contributed by atoms with Gasteiger partial charge in [-0.05, 0) is 82.4 Å². The number of nitrogens with one attached hydrogen (secondary N) is 1. The van der Waals surface area contributed by atoms with Gasteiger partial charge in [0.05, 0.1) is 4.90 Å². The molecule has 0 unspecified atom stereocenters. The maximum atomic E-state index is 12.5. The Hall–Kier alpha value is -1.15. The van der Waals surface area contributed by atoms with Crippen LogP contribution in [0.25, 0.3) is 0 Å². The molecule has 152 valence electrons. The summed E-state index contributed by atoms with van der Waals surface area (Å²) >= 11 is 0. The number of likely N-dealkylation sites (tertiary alicyclic amines) is 1. The minimum absolute atomic E-state index is 0. The van der Waals surface area contributed by atoms with E-state index in [1.165, 1.54) is 42.4 Å². The summed E-state index contributed by atoms with van der Waals surface area (Å²) < 4.78 is 26.5. The number of hydrogen-bond acceptors (Lipinski definition) is 4. The number of nitrogens with zero attached hydrogens (tertiary/aromatic N) is 2. The molecular weight excluding hydrogens is 386 g/mol. The first kappa shape index (κ1) is 22.1. The van der Waals surface area contributed by atoms with Gasteiger partial charge in [-0.25, -0.2) is 8.42 Å². The van der Waals surface area contributed by atoms with Gasteiger partial charge in [-0.3, -0.25) is 4.79 Å². The third-order valence-electron chi connectivity index (χ3n) is 5.20. The number of carbonyl (C=O) groups is 1. The quantitative estimate of drug-likeness (QED) is 0.662. The summed E-state index contributed by atoms with van der Waals surface area (Å²) in [7, 11) is -3.42. The Balaban J connectivity index is 0.00000261. The molecule has 0 radical (unpaired) electrons. The van der Waals surface area contributed by atoms with E-state index >= 15 is 0 Å². The van der Waals surface area contributed by atoms with Crippen molar-refractivity contribution in [1.29, 1.82) is 0 Å². The van der Waals surface area contributed by atoms with Gasteiger partial charge in [-0.2, -0.15) is 4.31 Å². The largest absolute Gasteiger partial charge is 0.352 e. The zero-order valence-electron chi connectivity index (χ0n) is 15.7. The average molecular weight is 416 g/mol. The second kappa shape index (κ2) is 10.4. The van der Waals surface area contributed by atoms with Crippen LogP contribution in [-0.4, -0.2) is 62.8 Å². The van der Waals surface area contributed by atoms with Gasteiger partial charge in [0.1, 0.15) is 0 Å². The van der Waals surface area contributed by atoms with E-state index in [-0.39, 0.29) is 23.2 Å². The number of halogens is 1. The molecule has 1 aromatic carbocycles. The molecular formula is C19H30ClN3O3S.